The van der Waals surface area contributed by atoms with Gasteiger partial charge in [0.15, 0.2) is 0 Å². The number of carbonyl (C=O) groups is 1. The molecule has 0 radical (unpaired) electrons. The lowest BCUT2D eigenvalue weighted by Crippen LogP contribution is -2.42. The summed E-state index contributed by atoms with van der Waals surface area (Å²) >= 11 is 0. The Morgan fingerprint density at radius 1 is 1.12 bits per heavy atom. The van der Waals surface area contributed by atoms with E-state index in [2.05, 4.69) is 17.1 Å². The molecule has 0 bridgehead atoms. The van der Waals surface area contributed by atoms with Crippen LogP contribution in [0.2, 0.25) is 0 Å². The van der Waals surface area contributed by atoms with E-state index in [1.165, 1.54) is 57.6 Å². The van der Waals surface area contributed by atoms with Crippen molar-refractivity contribution in [1.82, 2.24) is 14.5 Å². The first-order valence-corrected chi connectivity index (χ1v) is 14.3. The molecular weight excluding hydrogens is 452 g/mol. The lowest BCUT2D eigenvalue weighted by atomic mass is 10.00. The summed E-state index contributed by atoms with van der Waals surface area (Å²) in [4.78, 5) is 14.9. The van der Waals surface area contributed by atoms with Crippen molar-refractivity contribution in [3.8, 4) is 0 Å². The number of amides is 1. The predicted molar refractivity (Wildman–Crippen MR) is 127 cm³/mol. The second-order valence-corrected chi connectivity index (χ2v) is 12.4. The summed E-state index contributed by atoms with van der Waals surface area (Å²) in [6, 6.07) is 6.07. The molecule has 0 saturated carbocycles. The van der Waals surface area contributed by atoms with Crippen molar-refractivity contribution in [3.05, 3.63) is 24.3 Å². The van der Waals surface area contributed by atoms with Crippen LogP contribution in [0.25, 0.3) is 0 Å². The van der Waals surface area contributed by atoms with Crippen LogP contribution in [-0.2, 0) is 24.8 Å². The van der Waals surface area contributed by atoms with Crippen LogP contribution in [-0.4, -0.2) is 84.5 Å². The van der Waals surface area contributed by atoms with E-state index in [1.54, 1.807) is 0 Å². The molecule has 1 aromatic carbocycles. The number of rotatable bonds is 11. The Morgan fingerprint density at radius 2 is 1.78 bits per heavy atom. The molecular formula is C21H36N4O5S2. The van der Waals surface area contributed by atoms with Gasteiger partial charge in [-0.2, -0.15) is 0 Å². The first-order chi connectivity index (χ1) is 15.0. The molecule has 2 rings (SSSR count). The van der Waals surface area contributed by atoms with Crippen LogP contribution in [0.15, 0.2) is 29.2 Å². The number of sulfonamides is 2. The Bertz CT molecular complexity index is 962. The Hall–Kier alpha value is -1.69. The highest BCUT2D eigenvalue weighted by atomic mass is 32.2. The summed E-state index contributed by atoms with van der Waals surface area (Å²) in [5, 5.41) is 2.80. The molecule has 0 spiro atoms. The molecule has 1 amide bonds. The van der Waals surface area contributed by atoms with Crippen LogP contribution >= 0.6 is 0 Å². The summed E-state index contributed by atoms with van der Waals surface area (Å²) in [5.41, 5.74) is 0.236. The van der Waals surface area contributed by atoms with Gasteiger partial charge in [-0.3, -0.25) is 9.10 Å². The fourth-order valence-electron chi connectivity index (χ4n) is 3.91. The highest BCUT2D eigenvalue weighted by molar-refractivity contribution is 7.92. The van der Waals surface area contributed by atoms with Crippen LogP contribution in [0.5, 0.6) is 0 Å². The smallest absolute Gasteiger partial charge is 0.242 e. The second kappa shape index (κ2) is 11.4. The van der Waals surface area contributed by atoms with Gasteiger partial charge in [0.25, 0.3) is 0 Å². The highest BCUT2D eigenvalue weighted by Crippen LogP contribution is 2.22. The molecule has 0 aliphatic carbocycles. The first kappa shape index (κ1) is 26.6. The van der Waals surface area contributed by atoms with Crippen molar-refractivity contribution < 1.29 is 21.6 Å². The third kappa shape index (κ3) is 7.16. The van der Waals surface area contributed by atoms with E-state index in [-0.39, 0.29) is 17.1 Å². The van der Waals surface area contributed by atoms with Gasteiger partial charge in [-0.05, 0) is 56.5 Å². The largest absolute Gasteiger partial charge is 0.354 e. The quantitative estimate of drug-likeness (QED) is 0.473. The number of benzene rings is 1. The zero-order valence-electron chi connectivity index (χ0n) is 19.5. The number of hydrogen-bond donors (Lipinski definition) is 1. The highest BCUT2D eigenvalue weighted by Gasteiger charge is 2.23. The van der Waals surface area contributed by atoms with Crippen LogP contribution in [0, 0.1) is 0 Å². The van der Waals surface area contributed by atoms with E-state index in [0.29, 0.717) is 12.6 Å². The molecule has 1 unspecified atom stereocenters. The zero-order chi connectivity index (χ0) is 23.9. The minimum Gasteiger partial charge on any atom is -0.354 e. The molecule has 0 aromatic heterocycles. The van der Waals surface area contributed by atoms with Gasteiger partial charge in [0.05, 0.1) is 16.8 Å². The minimum atomic E-state index is -3.73. The molecule has 1 atom stereocenters. The van der Waals surface area contributed by atoms with Gasteiger partial charge < -0.3 is 10.2 Å². The van der Waals surface area contributed by atoms with Crippen LogP contribution in [0.1, 0.15) is 39.0 Å². The minimum absolute atomic E-state index is 0.0484. The molecule has 9 nitrogen and oxygen atoms in total. The first-order valence-electron chi connectivity index (χ1n) is 11.0. The van der Waals surface area contributed by atoms with Crippen LogP contribution < -0.4 is 9.62 Å². The Kier molecular flexibility index (Phi) is 9.50. The average Bonchev–Trinajstić information content (AvgIpc) is 2.74. The van der Waals surface area contributed by atoms with Gasteiger partial charge in [0, 0.05) is 33.2 Å². The number of carbonyl (C=O) groups excluding carboxylic acids is 1. The van der Waals surface area contributed by atoms with E-state index >= 15 is 0 Å². The van der Waals surface area contributed by atoms with Gasteiger partial charge in [0.2, 0.25) is 26.0 Å². The maximum atomic E-state index is 12.4. The molecule has 1 heterocycles. The van der Waals surface area contributed by atoms with Gasteiger partial charge in [-0.25, -0.2) is 21.1 Å². The van der Waals surface area contributed by atoms with Crippen molar-refractivity contribution in [2.24, 2.45) is 0 Å². The maximum absolute atomic E-state index is 12.4. The molecule has 32 heavy (non-hydrogen) atoms. The van der Waals surface area contributed by atoms with Crippen molar-refractivity contribution in [3.63, 3.8) is 0 Å². The normalized spacial score (nSPS) is 18.0. The monoisotopic (exact) mass is 488 g/mol. The zero-order valence-corrected chi connectivity index (χ0v) is 21.1. The van der Waals surface area contributed by atoms with E-state index in [4.69, 9.17) is 0 Å². The summed E-state index contributed by atoms with van der Waals surface area (Å²) in [6.45, 7) is 4.32. The van der Waals surface area contributed by atoms with E-state index < -0.39 is 26.0 Å². The van der Waals surface area contributed by atoms with Crippen molar-refractivity contribution >= 4 is 31.6 Å². The Labute approximate surface area is 192 Å². The average molecular weight is 489 g/mol. The van der Waals surface area contributed by atoms with E-state index in [9.17, 15) is 21.6 Å². The molecule has 1 aliphatic rings. The summed E-state index contributed by atoms with van der Waals surface area (Å²) in [7, 11) is -4.52. The van der Waals surface area contributed by atoms with Crippen LogP contribution in [0.3, 0.4) is 0 Å². The van der Waals surface area contributed by atoms with Crippen molar-refractivity contribution in [1.29, 1.82) is 0 Å². The van der Waals surface area contributed by atoms with Gasteiger partial charge in [-0.1, -0.05) is 13.3 Å². The third-order valence-corrected chi connectivity index (χ3v) is 8.73. The SMILES string of the molecule is CCC1CCCCN1CCCNC(=O)CN(c1ccc(S(=O)(=O)N(C)C)cc1)S(C)(=O)=O. The third-order valence-electron chi connectivity index (χ3n) is 5.76. The Balaban J connectivity index is 1.95. The van der Waals surface area contributed by atoms with E-state index in [0.717, 1.165) is 40.8 Å². The summed E-state index contributed by atoms with van der Waals surface area (Å²) < 4.78 is 51.0. The molecule has 1 aromatic rings. The lowest BCUT2D eigenvalue weighted by Gasteiger charge is -2.35. The number of nitrogens with zero attached hydrogens (tertiary/aromatic N) is 3. The fraction of sp³-hybridized carbons (Fsp3) is 0.667. The maximum Gasteiger partial charge on any atom is 0.242 e. The number of nitrogens with one attached hydrogen (secondary N) is 1. The lowest BCUT2D eigenvalue weighted by molar-refractivity contribution is -0.119. The summed E-state index contributed by atoms with van der Waals surface area (Å²) in [5.74, 6) is -0.397. The summed E-state index contributed by atoms with van der Waals surface area (Å²) in [6.07, 6.45) is 6.66. The molecule has 1 fully saturated rings. The number of anilines is 1. The van der Waals surface area contributed by atoms with Gasteiger partial charge in [-0.15, -0.1) is 0 Å². The van der Waals surface area contributed by atoms with Crippen LogP contribution in [0.4, 0.5) is 5.69 Å². The van der Waals surface area contributed by atoms with Crippen molar-refractivity contribution in [2.75, 3.05) is 50.8 Å². The standard InChI is InChI=1S/C21H36N4O5S2/c1-5-18-9-6-7-15-24(18)16-8-14-22-21(26)17-25(31(4,27)28)19-10-12-20(13-11-19)32(29,30)23(2)3/h10-13,18H,5-9,14-17H2,1-4H3,(H,22,26). The molecule has 11 heteroatoms. The molecule has 1 saturated heterocycles. The number of hydrogen-bond acceptors (Lipinski definition) is 6. The molecule has 1 aliphatic heterocycles. The van der Waals surface area contributed by atoms with E-state index in [1.807, 2.05) is 0 Å². The second-order valence-electron chi connectivity index (χ2n) is 8.35. The molecule has 182 valence electrons. The number of likely N-dealkylation sites (tertiary alicyclic amines) is 1. The van der Waals surface area contributed by atoms with Gasteiger partial charge in [0.1, 0.15) is 6.54 Å². The predicted octanol–water partition coefficient (Wildman–Crippen LogP) is 1.47. The fourth-order valence-corrected chi connectivity index (χ4v) is 5.67. The number of piperidine rings is 1. The van der Waals surface area contributed by atoms with Gasteiger partial charge >= 0.3 is 0 Å². The molecule has 1 N–H and O–H groups in total. The Morgan fingerprint density at radius 3 is 2.34 bits per heavy atom. The van der Waals surface area contributed by atoms with Crippen molar-refractivity contribution in [2.45, 2.75) is 50.0 Å². The topological polar surface area (TPSA) is 107 Å².